The minimum absolute atomic E-state index is 0.0146. The van der Waals surface area contributed by atoms with E-state index in [1.165, 1.54) is 0 Å². The molecule has 2 amide bonds. The van der Waals surface area contributed by atoms with Gasteiger partial charge in [0.15, 0.2) is 49.4 Å². The van der Waals surface area contributed by atoms with Gasteiger partial charge in [-0.1, -0.05) is 61.5 Å². The van der Waals surface area contributed by atoms with Crippen LogP contribution in [0.25, 0.3) is 0 Å². The van der Waals surface area contributed by atoms with E-state index in [1.54, 1.807) is 86.3 Å². The molecule has 0 bridgehead atoms. The van der Waals surface area contributed by atoms with Crippen molar-refractivity contribution in [2.75, 3.05) is 6.54 Å². The number of amides is 2. The SMILES string of the molecule is C=C(C)C(=O)CCCCCC(=O)C(CCCCNC(=O)c1cc[n+](Cc2ccccc2B(O)O)cc1)NC(=O)c1cc[n+](Cc2ccccc2B(O)O)cc1. The zero-order valence-electron chi connectivity index (χ0n) is 31.3. The van der Waals surface area contributed by atoms with E-state index < -0.39 is 26.2 Å². The lowest BCUT2D eigenvalue weighted by Crippen LogP contribution is -2.42. The predicted octanol–water partition coefficient (Wildman–Crippen LogP) is 1.08. The smallest absolute Gasteiger partial charge is 0.423 e. The van der Waals surface area contributed by atoms with Gasteiger partial charge in [-0.15, -0.1) is 0 Å². The first-order chi connectivity index (χ1) is 26.4. The van der Waals surface area contributed by atoms with E-state index in [0.717, 1.165) is 11.1 Å². The van der Waals surface area contributed by atoms with E-state index in [-0.39, 0.29) is 23.9 Å². The molecule has 0 radical (unpaired) electrons. The summed E-state index contributed by atoms with van der Waals surface area (Å²) < 4.78 is 3.65. The molecule has 0 saturated carbocycles. The fourth-order valence-electron chi connectivity index (χ4n) is 6.16. The van der Waals surface area contributed by atoms with Gasteiger partial charge in [0.1, 0.15) is 0 Å². The normalized spacial score (nSPS) is 11.4. The number of ketones is 2. The summed E-state index contributed by atoms with van der Waals surface area (Å²) in [5.41, 5.74) is 3.65. The molecule has 6 N–H and O–H groups in total. The molecule has 0 aliphatic heterocycles. The average molecular weight is 748 g/mol. The zero-order chi connectivity index (χ0) is 39.7. The zero-order valence-corrected chi connectivity index (χ0v) is 31.3. The fraction of sp³-hybridized carbons (Fsp3) is 0.317. The average Bonchev–Trinajstić information content (AvgIpc) is 3.17. The number of aromatic nitrogens is 2. The Balaban J connectivity index is 1.30. The van der Waals surface area contributed by atoms with Crippen molar-refractivity contribution in [1.82, 2.24) is 10.6 Å². The van der Waals surface area contributed by atoms with Crippen LogP contribution < -0.4 is 30.7 Å². The lowest BCUT2D eigenvalue weighted by atomic mass is 9.77. The van der Waals surface area contributed by atoms with Gasteiger partial charge < -0.3 is 30.7 Å². The second kappa shape index (κ2) is 21.6. The fourth-order valence-corrected chi connectivity index (χ4v) is 6.16. The van der Waals surface area contributed by atoms with Crippen LogP contribution in [0.15, 0.2) is 110 Å². The van der Waals surface area contributed by atoms with Crippen molar-refractivity contribution in [2.24, 2.45) is 0 Å². The minimum atomic E-state index is -1.60. The van der Waals surface area contributed by atoms with Crippen LogP contribution in [-0.2, 0) is 22.7 Å². The van der Waals surface area contributed by atoms with Gasteiger partial charge in [0.2, 0.25) is 0 Å². The molecule has 1 unspecified atom stereocenters. The van der Waals surface area contributed by atoms with Crippen LogP contribution in [-0.4, -0.2) is 70.3 Å². The summed E-state index contributed by atoms with van der Waals surface area (Å²) in [5, 5.41) is 44.5. The minimum Gasteiger partial charge on any atom is -0.423 e. The number of carbonyl (C=O) groups is 4. The van der Waals surface area contributed by atoms with Crippen molar-refractivity contribution < 1.29 is 48.4 Å². The maximum absolute atomic E-state index is 13.4. The van der Waals surface area contributed by atoms with Crippen LogP contribution in [0.3, 0.4) is 0 Å². The van der Waals surface area contributed by atoms with Crippen molar-refractivity contribution in [1.29, 1.82) is 0 Å². The number of hydrogen-bond donors (Lipinski definition) is 6. The van der Waals surface area contributed by atoms with E-state index in [1.807, 2.05) is 27.3 Å². The number of pyridine rings is 2. The lowest BCUT2D eigenvalue weighted by Gasteiger charge is -2.18. The highest BCUT2D eigenvalue weighted by Crippen LogP contribution is 2.12. The predicted molar refractivity (Wildman–Crippen MR) is 209 cm³/mol. The van der Waals surface area contributed by atoms with Gasteiger partial charge in [-0.25, -0.2) is 9.13 Å². The Kier molecular flexibility index (Phi) is 16.7. The highest BCUT2D eigenvalue weighted by Gasteiger charge is 2.23. The molecule has 12 nitrogen and oxygen atoms in total. The lowest BCUT2D eigenvalue weighted by molar-refractivity contribution is -0.688. The Hall–Kier alpha value is -5.27. The summed E-state index contributed by atoms with van der Waals surface area (Å²) in [4.78, 5) is 51.4. The molecule has 4 rings (SSSR count). The van der Waals surface area contributed by atoms with Crippen molar-refractivity contribution in [3.8, 4) is 0 Å². The summed E-state index contributed by atoms with van der Waals surface area (Å²) >= 11 is 0. The number of unbranched alkanes of at least 4 members (excludes halogenated alkanes) is 3. The molecule has 0 spiro atoms. The standard InChI is InChI=1S/C41H48B2N4O8/c1-30(2)38(48)17-4-3-5-18-39(49)37(45-41(51)32-21-26-47(27-22-32)29-34-13-7-9-15-36(34)43(54)55)16-10-11-23-44-40(50)31-19-24-46(25-20-31)28-33-12-6-8-14-35(33)42(52)53/h6-9,12-15,19-22,24-27,37,52-55H,1,3-5,10-11,16-18,23,28-29H2,2H3/p+2. The molecule has 55 heavy (non-hydrogen) atoms. The monoisotopic (exact) mass is 748 g/mol. The van der Waals surface area contributed by atoms with Crippen LogP contribution in [0.4, 0.5) is 0 Å². The summed E-state index contributed by atoms with van der Waals surface area (Å²) in [6.45, 7) is 6.50. The number of rotatable bonds is 22. The van der Waals surface area contributed by atoms with Gasteiger partial charge >= 0.3 is 14.2 Å². The molecule has 4 aromatic rings. The summed E-state index contributed by atoms with van der Waals surface area (Å²) in [5.74, 6) is -0.723. The molecule has 2 heterocycles. The number of nitrogens with zero attached hydrogens (tertiary/aromatic N) is 2. The molecule has 0 saturated heterocycles. The van der Waals surface area contributed by atoms with Gasteiger partial charge in [-0.2, -0.15) is 0 Å². The van der Waals surface area contributed by atoms with E-state index >= 15 is 0 Å². The Morgan fingerprint density at radius 1 is 0.655 bits per heavy atom. The molecule has 2 aromatic carbocycles. The number of nitrogens with one attached hydrogen (secondary N) is 2. The van der Waals surface area contributed by atoms with E-state index in [4.69, 9.17) is 0 Å². The van der Waals surface area contributed by atoms with Gasteiger partial charge in [0.05, 0.1) is 17.2 Å². The molecular formula is C41H50B2N4O8+2. The third kappa shape index (κ3) is 13.5. The van der Waals surface area contributed by atoms with Crippen molar-refractivity contribution in [2.45, 2.75) is 77.4 Å². The van der Waals surface area contributed by atoms with Crippen LogP contribution in [0.1, 0.15) is 90.1 Å². The molecule has 286 valence electrons. The number of allylic oxidation sites excluding steroid dienone is 1. The van der Waals surface area contributed by atoms with Gasteiger partial charge in [0, 0.05) is 54.8 Å². The van der Waals surface area contributed by atoms with Crippen molar-refractivity contribution in [3.63, 3.8) is 0 Å². The number of benzene rings is 2. The van der Waals surface area contributed by atoms with Crippen LogP contribution >= 0.6 is 0 Å². The molecule has 0 aliphatic carbocycles. The highest BCUT2D eigenvalue weighted by molar-refractivity contribution is 6.59. The third-order valence-electron chi connectivity index (χ3n) is 9.38. The maximum atomic E-state index is 13.4. The Labute approximate surface area is 322 Å². The summed E-state index contributed by atoms with van der Waals surface area (Å²) in [6, 6.07) is 19.9. The number of hydrogen-bond acceptors (Lipinski definition) is 8. The quantitative estimate of drug-likeness (QED) is 0.0299. The van der Waals surface area contributed by atoms with Crippen LogP contribution in [0.5, 0.6) is 0 Å². The Bertz CT molecular complexity index is 1920. The first kappa shape index (κ1) is 42.5. The van der Waals surface area contributed by atoms with Gasteiger partial charge in [-0.05, 0) is 55.5 Å². The molecule has 0 fully saturated rings. The third-order valence-corrected chi connectivity index (χ3v) is 9.38. The van der Waals surface area contributed by atoms with Crippen molar-refractivity contribution in [3.05, 3.63) is 132 Å². The molecule has 14 heteroatoms. The number of carbonyl (C=O) groups excluding carboxylic acids is 4. The largest absolute Gasteiger partial charge is 0.488 e. The summed E-state index contributed by atoms with van der Waals surface area (Å²) in [7, 11) is -3.18. The molecular weight excluding hydrogens is 698 g/mol. The second-order valence-corrected chi connectivity index (χ2v) is 13.7. The molecule has 2 aromatic heterocycles. The first-order valence-corrected chi connectivity index (χ1v) is 18.6. The van der Waals surface area contributed by atoms with Crippen LogP contribution in [0.2, 0.25) is 0 Å². The van der Waals surface area contributed by atoms with E-state index in [2.05, 4.69) is 17.2 Å². The van der Waals surface area contributed by atoms with Crippen LogP contribution in [0, 0.1) is 0 Å². The second-order valence-electron chi connectivity index (χ2n) is 13.7. The maximum Gasteiger partial charge on any atom is 0.488 e. The molecule has 0 aliphatic rings. The topological polar surface area (TPSA) is 181 Å². The Morgan fingerprint density at radius 2 is 1.15 bits per heavy atom. The highest BCUT2D eigenvalue weighted by atomic mass is 16.4. The Morgan fingerprint density at radius 3 is 1.65 bits per heavy atom. The van der Waals surface area contributed by atoms with Crippen molar-refractivity contribution >= 4 is 48.5 Å². The van der Waals surface area contributed by atoms with Gasteiger partial charge in [0.25, 0.3) is 11.8 Å². The number of Topliss-reactive ketones (excluding diaryl/α,β-unsaturated/α-hetero) is 2. The van der Waals surface area contributed by atoms with Gasteiger partial charge in [-0.3, -0.25) is 19.2 Å². The summed E-state index contributed by atoms with van der Waals surface area (Å²) in [6.07, 6.45) is 11.1. The molecule has 1 atom stereocenters. The van der Waals surface area contributed by atoms with E-state index in [9.17, 15) is 39.3 Å². The first-order valence-electron chi connectivity index (χ1n) is 18.6. The van der Waals surface area contributed by atoms with E-state index in [0.29, 0.717) is 92.2 Å².